The van der Waals surface area contributed by atoms with Crippen molar-refractivity contribution >= 4 is 5.97 Å². The average molecular weight is 344 g/mol. The number of hydrogen-bond acceptors (Lipinski definition) is 3. The Bertz CT molecular complexity index is 487. The first-order valence-corrected chi connectivity index (χ1v) is 10.2. The first-order valence-electron chi connectivity index (χ1n) is 10.2. The van der Waals surface area contributed by atoms with Crippen molar-refractivity contribution < 1.29 is 9.53 Å². The van der Waals surface area contributed by atoms with Crippen LogP contribution in [-0.4, -0.2) is 12.1 Å². The summed E-state index contributed by atoms with van der Waals surface area (Å²) < 4.78 is 5.82. The van der Waals surface area contributed by atoms with E-state index in [0.29, 0.717) is 5.92 Å². The van der Waals surface area contributed by atoms with Crippen LogP contribution in [0.25, 0.3) is 0 Å². The Morgan fingerprint density at radius 2 is 1.80 bits per heavy atom. The number of ether oxygens (including phenoxy) is 1. The fourth-order valence-electron chi connectivity index (χ4n) is 4.16. The summed E-state index contributed by atoms with van der Waals surface area (Å²) in [6, 6.07) is 1.99. The van der Waals surface area contributed by atoms with E-state index in [1.54, 1.807) is 6.08 Å². The van der Waals surface area contributed by atoms with Crippen LogP contribution in [0.1, 0.15) is 77.6 Å². The SMILES string of the molecule is CCCC[C@H]1CC[C@H](C(=O)OC2CCC(/C=C/C=CC#N)CC2)CC1. The van der Waals surface area contributed by atoms with Crippen LogP contribution in [0.3, 0.4) is 0 Å². The lowest BCUT2D eigenvalue weighted by atomic mass is 9.80. The first kappa shape index (κ1) is 19.8. The number of esters is 1. The predicted octanol–water partition coefficient (Wildman–Crippen LogP) is 5.72. The molecule has 2 fully saturated rings. The molecule has 0 bridgehead atoms. The van der Waals surface area contributed by atoms with Crippen molar-refractivity contribution in [3.8, 4) is 6.07 Å². The van der Waals surface area contributed by atoms with Gasteiger partial charge in [0.15, 0.2) is 0 Å². The third kappa shape index (κ3) is 7.06. The largest absolute Gasteiger partial charge is 0.462 e. The Hall–Kier alpha value is -1.56. The van der Waals surface area contributed by atoms with Crippen LogP contribution >= 0.6 is 0 Å². The lowest BCUT2D eigenvalue weighted by Crippen LogP contribution is -2.29. The van der Waals surface area contributed by atoms with E-state index in [4.69, 9.17) is 10.00 Å². The molecule has 2 rings (SSSR count). The number of carbonyl (C=O) groups is 1. The summed E-state index contributed by atoms with van der Waals surface area (Å²) in [5, 5.41) is 8.46. The Kier molecular flexibility index (Phi) is 8.80. The first-order chi connectivity index (χ1) is 12.2. The van der Waals surface area contributed by atoms with Gasteiger partial charge in [-0.05, 0) is 63.2 Å². The molecule has 2 aliphatic rings. The molecule has 138 valence electrons. The van der Waals surface area contributed by atoms with Crippen LogP contribution in [0.15, 0.2) is 24.3 Å². The van der Waals surface area contributed by atoms with E-state index >= 15 is 0 Å². The number of carbonyl (C=O) groups excluding carboxylic acids is 1. The minimum Gasteiger partial charge on any atom is -0.462 e. The highest BCUT2D eigenvalue weighted by atomic mass is 16.5. The average Bonchev–Trinajstić information content (AvgIpc) is 2.65. The Labute approximate surface area is 153 Å². The van der Waals surface area contributed by atoms with Crippen molar-refractivity contribution in [2.45, 2.75) is 83.7 Å². The fourth-order valence-corrected chi connectivity index (χ4v) is 4.16. The maximum atomic E-state index is 12.4. The van der Waals surface area contributed by atoms with Crippen LogP contribution in [0.2, 0.25) is 0 Å². The van der Waals surface area contributed by atoms with E-state index in [2.05, 4.69) is 13.0 Å². The molecule has 3 nitrogen and oxygen atoms in total. The molecule has 3 heteroatoms. The number of allylic oxidation sites excluding steroid dienone is 4. The van der Waals surface area contributed by atoms with Gasteiger partial charge in [-0.2, -0.15) is 5.26 Å². The van der Waals surface area contributed by atoms with Crippen molar-refractivity contribution in [1.82, 2.24) is 0 Å². The molecule has 0 amide bonds. The van der Waals surface area contributed by atoms with Gasteiger partial charge in [-0.25, -0.2) is 0 Å². The van der Waals surface area contributed by atoms with Gasteiger partial charge in [-0.3, -0.25) is 4.79 Å². The van der Waals surface area contributed by atoms with E-state index in [-0.39, 0.29) is 18.0 Å². The fraction of sp³-hybridized carbons (Fsp3) is 0.727. The Morgan fingerprint density at radius 1 is 1.08 bits per heavy atom. The summed E-state index contributed by atoms with van der Waals surface area (Å²) in [4.78, 5) is 12.4. The van der Waals surface area contributed by atoms with Crippen LogP contribution in [0.4, 0.5) is 0 Å². The highest BCUT2D eigenvalue weighted by molar-refractivity contribution is 5.72. The molecule has 0 aliphatic heterocycles. The standard InChI is InChI=1S/C22H33NO2/c1-2-3-7-18-9-13-20(14-10-18)22(24)25-21-15-11-19(12-16-21)8-5-4-6-17-23/h4-6,8,18-21H,2-3,7,9-16H2,1H3/b6-4?,8-5+/t18-,19?,20-,21?. The minimum atomic E-state index is 0.0601. The molecule has 0 unspecified atom stereocenters. The molecule has 0 saturated heterocycles. The molecule has 2 saturated carbocycles. The maximum absolute atomic E-state index is 12.4. The van der Waals surface area contributed by atoms with Crippen LogP contribution in [0, 0.1) is 29.1 Å². The lowest BCUT2D eigenvalue weighted by molar-refractivity contribution is -0.157. The number of unbranched alkanes of at least 4 members (excludes halogenated alkanes) is 1. The molecule has 0 radical (unpaired) electrons. The zero-order chi connectivity index (χ0) is 17.9. The number of rotatable bonds is 7. The maximum Gasteiger partial charge on any atom is 0.309 e. The zero-order valence-corrected chi connectivity index (χ0v) is 15.7. The van der Waals surface area contributed by atoms with Gasteiger partial charge >= 0.3 is 5.97 Å². The van der Waals surface area contributed by atoms with Gasteiger partial charge in [0.2, 0.25) is 0 Å². The van der Waals surface area contributed by atoms with Crippen molar-refractivity contribution in [1.29, 1.82) is 5.26 Å². The third-order valence-corrected chi connectivity index (χ3v) is 5.81. The van der Waals surface area contributed by atoms with Crippen LogP contribution < -0.4 is 0 Å². The molecule has 25 heavy (non-hydrogen) atoms. The van der Waals surface area contributed by atoms with Gasteiger partial charge in [0, 0.05) is 6.08 Å². The van der Waals surface area contributed by atoms with Crippen LogP contribution in [-0.2, 0) is 9.53 Å². The summed E-state index contributed by atoms with van der Waals surface area (Å²) in [5.74, 6) is 1.59. The van der Waals surface area contributed by atoms with E-state index in [1.807, 2.05) is 12.1 Å². The lowest BCUT2D eigenvalue weighted by Gasteiger charge is -2.31. The van der Waals surface area contributed by atoms with Crippen LogP contribution in [0.5, 0.6) is 0 Å². The molecular weight excluding hydrogens is 310 g/mol. The summed E-state index contributed by atoms with van der Waals surface area (Å²) in [6.07, 6.45) is 20.0. The van der Waals surface area contributed by atoms with Crippen molar-refractivity contribution in [2.24, 2.45) is 17.8 Å². The minimum absolute atomic E-state index is 0.0601. The van der Waals surface area contributed by atoms with Gasteiger partial charge in [0.25, 0.3) is 0 Å². The van der Waals surface area contributed by atoms with Gasteiger partial charge in [-0.1, -0.05) is 44.4 Å². The summed E-state index contributed by atoms with van der Waals surface area (Å²) in [6.45, 7) is 2.25. The molecule has 2 aliphatic carbocycles. The molecule has 0 aromatic carbocycles. The van der Waals surface area contributed by atoms with Crippen molar-refractivity contribution in [2.75, 3.05) is 0 Å². The second kappa shape index (κ2) is 11.1. The number of hydrogen-bond donors (Lipinski definition) is 0. The van der Waals surface area contributed by atoms with Gasteiger partial charge in [0.05, 0.1) is 12.0 Å². The molecule has 0 heterocycles. The quantitative estimate of drug-likeness (QED) is 0.337. The summed E-state index contributed by atoms with van der Waals surface area (Å²) in [7, 11) is 0. The van der Waals surface area contributed by atoms with Gasteiger partial charge in [0.1, 0.15) is 6.10 Å². The molecular formula is C22H33NO2. The second-order valence-electron chi connectivity index (χ2n) is 7.71. The Balaban J connectivity index is 1.65. The summed E-state index contributed by atoms with van der Waals surface area (Å²) in [5.41, 5.74) is 0. The zero-order valence-electron chi connectivity index (χ0n) is 15.7. The molecule has 0 atom stereocenters. The third-order valence-electron chi connectivity index (χ3n) is 5.81. The van der Waals surface area contributed by atoms with E-state index in [0.717, 1.165) is 44.4 Å². The van der Waals surface area contributed by atoms with Crippen molar-refractivity contribution in [3.63, 3.8) is 0 Å². The normalized spacial score (nSPS) is 30.4. The van der Waals surface area contributed by atoms with E-state index in [1.165, 1.54) is 38.2 Å². The highest BCUT2D eigenvalue weighted by Crippen LogP contribution is 2.34. The molecule has 0 aromatic heterocycles. The van der Waals surface area contributed by atoms with Gasteiger partial charge < -0.3 is 4.74 Å². The highest BCUT2D eigenvalue weighted by Gasteiger charge is 2.30. The number of nitriles is 1. The molecule has 0 aromatic rings. The van der Waals surface area contributed by atoms with Gasteiger partial charge in [-0.15, -0.1) is 0 Å². The smallest absolute Gasteiger partial charge is 0.309 e. The Morgan fingerprint density at radius 3 is 2.44 bits per heavy atom. The molecule has 0 spiro atoms. The van der Waals surface area contributed by atoms with E-state index < -0.39 is 0 Å². The number of nitrogens with zero attached hydrogens (tertiary/aromatic N) is 1. The second-order valence-corrected chi connectivity index (χ2v) is 7.71. The topological polar surface area (TPSA) is 50.1 Å². The van der Waals surface area contributed by atoms with E-state index in [9.17, 15) is 4.79 Å². The summed E-state index contributed by atoms with van der Waals surface area (Å²) >= 11 is 0. The molecule has 0 N–H and O–H groups in total. The monoisotopic (exact) mass is 343 g/mol. The van der Waals surface area contributed by atoms with Crippen molar-refractivity contribution in [3.05, 3.63) is 24.3 Å². The predicted molar refractivity (Wildman–Crippen MR) is 101 cm³/mol.